The van der Waals surface area contributed by atoms with Crippen LogP contribution in [0.15, 0.2) is 48.5 Å². The number of aromatic nitrogens is 3. The number of nitrogens with one attached hydrogen (secondary N) is 2. The first-order valence-corrected chi connectivity index (χ1v) is 12.4. The van der Waals surface area contributed by atoms with Crippen molar-refractivity contribution in [1.29, 1.82) is 0 Å². The third kappa shape index (κ3) is 5.37. The predicted octanol–water partition coefficient (Wildman–Crippen LogP) is 2.30. The fourth-order valence-electron chi connectivity index (χ4n) is 3.94. The lowest BCUT2D eigenvalue weighted by Gasteiger charge is -2.34. The highest BCUT2D eigenvalue weighted by atomic mass is 32.2. The summed E-state index contributed by atoms with van der Waals surface area (Å²) >= 11 is 0. The maximum atomic E-state index is 11.9. The number of piperidine rings is 1. The molecule has 0 radical (unpaired) electrons. The smallest absolute Gasteiger partial charge is 0.301 e. The first-order chi connectivity index (χ1) is 15.4. The number of aryl methyl sites for hydroxylation is 1. The molecule has 0 saturated carbocycles. The summed E-state index contributed by atoms with van der Waals surface area (Å²) in [6, 6.07) is 16.1. The lowest BCUT2D eigenvalue weighted by atomic mass is 10.0. The number of nitrogens with zero attached hydrogens (tertiary/aromatic N) is 5. The molecule has 2 heterocycles. The molecule has 9 nitrogen and oxygen atoms in total. The number of para-hydroxylation sites is 1. The van der Waals surface area contributed by atoms with Crippen molar-refractivity contribution in [1.82, 2.24) is 24.6 Å². The Morgan fingerprint density at radius 2 is 1.78 bits per heavy atom. The average Bonchev–Trinajstić information content (AvgIpc) is 3.20. The third-order valence-corrected chi connectivity index (χ3v) is 7.31. The largest absolute Gasteiger partial charge is 0.371 e. The van der Waals surface area contributed by atoms with E-state index < -0.39 is 10.2 Å². The van der Waals surface area contributed by atoms with E-state index in [9.17, 15) is 8.42 Å². The van der Waals surface area contributed by atoms with E-state index in [1.54, 1.807) is 0 Å². The van der Waals surface area contributed by atoms with Gasteiger partial charge in [-0.25, -0.2) is 4.68 Å². The second-order valence-corrected chi connectivity index (χ2v) is 10.2. The molecule has 172 valence electrons. The van der Waals surface area contributed by atoms with Crippen LogP contribution in [0.25, 0.3) is 11.0 Å². The topological polar surface area (TPSA) is 95.4 Å². The number of anilines is 2. The zero-order chi connectivity index (χ0) is 22.6. The SMILES string of the molecule is CN(C)S(=O)(=O)Nc1ccc(N2CCC(NCCCn3nnc4ccccc43)CC2)cc1. The first-order valence-electron chi connectivity index (χ1n) is 11.0. The first kappa shape index (κ1) is 22.5. The van der Waals surface area contributed by atoms with Gasteiger partial charge in [0.25, 0.3) is 0 Å². The minimum Gasteiger partial charge on any atom is -0.371 e. The van der Waals surface area contributed by atoms with Crippen LogP contribution < -0.4 is 14.9 Å². The number of fused-ring (bicyclic) bond motifs is 1. The molecule has 4 rings (SSSR count). The predicted molar refractivity (Wildman–Crippen MR) is 128 cm³/mol. The molecule has 2 aromatic carbocycles. The van der Waals surface area contributed by atoms with E-state index in [1.807, 2.05) is 47.1 Å². The van der Waals surface area contributed by atoms with Gasteiger partial charge in [0, 0.05) is 51.1 Å². The van der Waals surface area contributed by atoms with Crippen molar-refractivity contribution < 1.29 is 8.42 Å². The van der Waals surface area contributed by atoms with Gasteiger partial charge in [-0.1, -0.05) is 17.3 Å². The molecule has 0 aliphatic carbocycles. The molecule has 2 N–H and O–H groups in total. The Morgan fingerprint density at radius 1 is 1.06 bits per heavy atom. The Hall–Kier alpha value is -2.69. The van der Waals surface area contributed by atoms with Crippen molar-refractivity contribution in [2.24, 2.45) is 0 Å². The van der Waals surface area contributed by atoms with Crippen molar-refractivity contribution in [3.8, 4) is 0 Å². The molecule has 32 heavy (non-hydrogen) atoms. The van der Waals surface area contributed by atoms with Crippen molar-refractivity contribution in [3.05, 3.63) is 48.5 Å². The van der Waals surface area contributed by atoms with Gasteiger partial charge in [-0.05, 0) is 62.2 Å². The van der Waals surface area contributed by atoms with E-state index in [0.29, 0.717) is 11.7 Å². The summed E-state index contributed by atoms with van der Waals surface area (Å²) < 4.78 is 29.6. The number of benzene rings is 2. The van der Waals surface area contributed by atoms with E-state index in [1.165, 1.54) is 14.1 Å². The van der Waals surface area contributed by atoms with E-state index >= 15 is 0 Å². The molecule has 1 aromatic heterocycles. The summed E-state index contributed by atoms with van der Waals surface area (Å²) in [6.45, 7) is 3.78. The van der Waals surface area contributed by atoms with Crippen LogP contribution in [0.3, 0.4) is 0 Å². The number of rotatable bonds is 9. The van der Waals surface area contributed by atoms with Crippen LogP contribution >= 0.6 is 0 Å². The maximum absolute atomic E-state index is 11.9. The standard InChI is InChI=1S/C22H31N7O2S/c1-27(2)32(30,31)25-19-8-10-20(11-9-19)28-16-12-18(13-17-28)23-14-5-15-29-22-7-4-3-6-21(22)24-26-29/h3-4,6-11,18,23,25H,5,12-17H2,1-2H3. The molecule has 10 heteroatoms. The van der Waals surface area contributed by atoms with Crippen LogP contribution in [-0.4, -0.2) is 67.5 Å². The van der Waals surface area contributed by atoms with Crippen molar-refractivity contribution >= 4 is 32.6 Å². The van der Waals surface area contributed by atoms with Gasteiger partial charge in [0.15, 0.2) is 0 Å². The second kappa shape index (κ2) is 9.85. The Kier molecular flexibility index (Phi) is 6.92. The Morgan fingerprint density at radius 3 is 2.50 bits per heavy atom. The fourth-order valence-corrected chi connectivity index (χ4v) is 4.56. The van der Waals surface area contributed by atoms with Gasteiger partial charge in [-0.2, -0.15) is 12.7 Å². The fraction of sp³-hybridized carbons (Fsp3) is 0.455. The lowest BCUT2D eigenvalue weighted by Crippen LogP contribution is -2.43. The molecule has 0 atom stereocenters. The van der Waals surface area contributed by atoms with Gasteiger partial charge < -0.3 is 10.2 Å². The van der Waals surface area contributed by atoms with Crippen LogP contribution in [0.2, 0.25) is 0 Å². The third-order valence-electron chi connectivity index (χ3n) is 5.85. The Labute approximate surface area is 189 Å². The highest BCUT2D eigenvalue weighted by molar-refractivity contribution is 7.90. The highest BCUT2D eigenvalue weighted by Gasteiger charge is 2.19. The van der Waals surface area contributed by atoms with Gasteiger partial charge in [0.05, 0.1) is 5.52 Å². The van der Waals surface area contributed by atoms with E-state index in [4.69, 9.17) is 0 Å². The highest BCUT2D eigenvalue weighted by Crippen LogP contribution is 2.23. The molecule has 0 amide bonds. The molecule has 1 saturated heterocycles. The van der Waals surface area contributed by atoms with E-state index in [2.05, 4.69) is 31.3 Å². The molecule has 0 bridgehead atoms. The molecular formula is C22H31N7O2S. The van der Waals surface area contributed by atoms with Crippen LogP contribution in [0.5, 0.6) is 0 Å². The monoisotopic (exact) mass is 457 g/mol. The molecule has 0 spiro atoms. The molecule has 0 unspecified atom stereocenters. The summed E-state index contributed by atoms with van der Waals surface area (Å²) in [5.41, 5.74) is 3.71. The summed E-state index contributed by atoms with van der Waals surface area (Å²) in [4.78, 5) is 2.35. The zero-order valence-corrected chi connectivity index (χ0v) is 19.4. The van der Waals surface area contributed by atoms with Crippen LogP contribution in [0.4, 0.5) is 11.4 Å². The summed E-state index contributed by atoms with van der Waals surface area (Å²) in [5.74, 6) is 0. The van der Waals surface area contributed by atoms with Crippen LogP contribution in [0, 0.1) is 0 Å². The van der Waals surface area contributed by atoms with Gasteiger partial charge in [0.2, 0.25) is 0 Å². The molecule has 1 aliphatic heterocycles. The van der Waals surface area contributed by atoms with Crippen LogP contribution in [-0.2, 0) is 16.8 Å². The van der Waals surface area contributed by atoms with Gasteiger partial charge in [-0.15, -0.1) is 5.10 Å². The zero-order valence-electron chi connectivity index (χ0n) is 18.6. The molecule has 3 aromatic rings. The van der Waals surface area contributed by atoms with Gasteiger partial charge >= 0.3 is 10.2 Å². The summed E-state index contributed by atoms with van der Waals surface area (Å²) in [5, 5.41) is 12.1. The normalized spacial score (nSPS) is 15.5. The molecular weight excluding hydrogens is 426 g/mol. The van der Waals surface area contributed by atoms with E-state index in [-0.39, 0.29) is 0 Å². The quantitative estimate of drug-likeness (QED) is 0.479. The number of hydrogen-bond acceptors (Lipinski definition) is 6. The molecule has 1 aliphatic rings. The minimum atomic E-state index is -3.48. The minimum absolute atomic E-state index is 0.518. The average molecular weight is 458 g/mol. The van der Waals surface area contributed by atoms with Crippen molar-refractivity contribution in [2.75, 3.05) is 43.4 Å². The second-order valence-electron chi connectivity index (χ2n) is 8.31. The van der Waals surface area contributed by atoms with Crippen molar-refractivity contribution in [2.45, 2.75) is 31.8 Å². The Balaban J connectivity index is 1.19. The van der Waals surface area contributed by atoms with Crippen LogP contribution in [0.1, 0.15) is 19.3 Å². The summed E-state index contributed by atoms with van der Waals surface area (Å²) in [6.07, 6.45) is 3.18. The lowest BCUT2D eigenvalue weighted by molar-refractivity contribution is 0.404. The maximum Gasteiger partial charge on any atom is 0.301 e. The van der Waals surface area contributed by atoms with Crippen molar-refractivity contribution in [3.63, 3.8) is 0 Å². The number of hydrogen-bond donors (Lipinski definition) is 2. The Bertz CT molecular complexity index is 1120. The van der Waals surface area contributed by atoms with Gasteiger partial charge in [0.1, 0.15) is 5.52 Å². The van der Waals surface area contributed by atoms with Gasteiger partial charge in [-0.3, -0.25) is 4.72 Å². The summed E-state index contributed by atoms with van der Waals surface area (Å²) in [7, 11) is -0.469. The van der Waals surface area contributed by atoms with E-state index in [0.717, 1.165) is 66.5 Å². The molecule has 1 fully saturated rings.